The van der Waals surface area contributed by atoms with E-state index < -0.39 is 6.10 Å². The molecule has 2 unspecified atom stereocenters. The lowest BCUT2D eigenvalue weighted by atomic mass is 9.91. The van der Waals surface area contributed by atoms with Gasteiger partial charge in [-0.05, 0) is 31.0 Å². The maximum atomic E-state index is 10.4. The van der Waals surface area contributed by atoms with Crippen molar-refractivity contribution in [3.8, 4) is 5.75 Å². The Balaban J connectivity index is 2.00. The van der Waals surface area contributed by atoms with E-state index >= 15 is 0 Å². The van der Waals surface area contributed by atoms with Crippen LogP contribution in [0, 0.1) is 13.8 Å². The van der Waals surface area contributed by atoms with E-state index in [0.29, 0.717) is 6.61 Å². The van der Waals surface area contributed by atoms with Crippen LogP contribution in [0.5, 0.6) is 5.75 Å². The molecular weight excluding hydrogens is 242 g/mol. The maximum Gasteiger partial charge on any atom is 0.124 e. The second-order valence-electron chi connectivity index (χ2n) is 5.47. The van der Waals surface area contributed by atoms with Crippen molar-refractivity contribution in [3.05, 3.63) is 28.8 Å². The van der Waals surface area contributed by atoms with E-state index in [4.69, 9.17) is 9.47 Å². The first kappa shape index (κ1) is 12.9. The van der Waals surface area contributed by atoms with Gasteiger partial charge in [-0.25, -0.2) is 0 Å². The van der Waals surface area contributed by atoms with Crippen molar-refractivity contribution < 1.29 is 14.6 Å². The molecule has 4 heteroatoms. The molecule has 2 aliphatic heterocycles. The molecule has 0 amide bonds. The lowest BCUT2D eigenvalue weighted by molar-refractivity contribution is -0.0446. The first-order chi connectivity index (χ1) is 9.16. The number of ether oxygens (including phenoxy) is 2. The molecule has 0 spiro atoms. The van der Waals surface area contributed by atoms with Crippen LogP contribution in [0.4, 0.5) is 0 Å². The van der Waals surface area contributed by atoms with Crippen LogP contribution in [0.25, 0.3) is 0 Å². The molecule has 104 valence electrons. The zero-order chi connectivity index (χ0) is 13.4. The fraction of sp³-hybridized carbons (Fsp3) is 0.600. The topological polar surface area (TPSA) is 41.9 Å². The predicted octanol–water partition coefficient (Wildman–Crippen LogP) is 1.43. The van der Waals surface area contributed by atoms with E-state index in [9.17, 15) is 5.11 Å². The summed E-state index contributed by atoms with van der Waals surface area (Å²) in [5.74, 6) is 0.930. The van der Waals surface area contributed by atoms with Gasteiger partial charge in [-0.15, -0.1) is 0 Å². The largest absolute Gasteiger partial charge is 0.490 e. The summed E-state index contributed by atoms with van der Waals surface area (Å²) in [7, 11) is 0. The highest BCUT2D eigenvalue weighted by Gasteiger charge is 2.36. The van der Waals surface area contributed by atoms with Gasteiger partial charge in [0.15, 0.2) is 0 Å². The monoisotopic (exact) mass is 263 g/mol. The minimum absolute atomic E-state index is 0.0354. The van der Waals surface area contributed by atoms with Gasteiger partial charge < -0.3 is 14.6 Å². The van der Waals surface area contributed by atoms with E-state index in [1.165, 1.54) is 11.1 Å². The third-order valence-corrected chi connectivity index (χ3v) is 4.00. The number of benzene rings is 1. The SMILES string of the molecule is Cc1cc(C)c2c(c1)OCC(O)C2N1CCOCC1. The average Bonchev–Trinajstić information content (AvgIpc) is 2.40. The molecule has 2 atom stereocenters. The van der Waals surface area contributed by atoms with E-state index in [2.05, 4.69) is 30.9 Å². The molecule has 2 heterocycles. The Hall–Kier alpha value is -1.10. The normalized spacial score (nSPS) is 27.7. The second-order valence-corrected chi connectivity index (χ2v) is 5.47. The van der Waals surface area contributed by atoms with Crippen molar-refractivity contribution in [1.82, 2.24) is 4.90 Å². The molecule has 1 aromatic rings. The van der Waals surface area contributed by atoms with Crippen LogP contribution < -0.4 is 4.74 Å². The maximum absolute atomic E-state index is 10.4. The summed E-state index contributed by atoms with van der Waals surface area (Å²) in [5, 5.41) is 10.4. The number of rotatable bonds is 1. The number of aliphatic hydroxyl groups excluding tert-OH is 1. The Bertz CT molecular complexity index is 469. The Morgan fingerprint density at radius 3 is 2.68 bits per heavy atom. The van der Waals surface area contributed by atoms with Crippen molar-refractivity contribution in [1.29, 1.82) is 0 Å². The third-order valence-electron chi connectivity index (χ3n) is 4.00. The summed E-state index contributed by atoms with van der Waals surface area (Å²) >= 11 is 0. The van der Waals surface area contributed by atoms with Gasteiger partial charge in [0, 0.05) is 18.7 Å². The zero-order valence-electron chi connectivity index (χ0n) is 11.6. The van der Waals surface area contributed by atoms with Gasteiger partial charge in [-0.3, -0.25) is 4.90 Å². The summed E-state index contributed by atoms with van der Waals surface area (Å²) in [6.45, 7) is 7.77. The van der Waals surface area contributed by atoms with Gasteiger partial charge in [0.2, 0.25) is 0 Å². The number of aryl methyl sites for hydroxylation is 2. The van der Waals surface area contributed by atoms with E-state index in [0.717, 1.165) is 37.6 Å². The smallest absolute Gasteiger partial charge is 0.124 e. The van der Waals surface area contributed by atoms with Crippen LogP contribution in [0.1, 0.15) is 22.7 Å². The first-order valence-corrected chi connectivity index (χ1v) is 6.90. The molecule has 19 heavy (non-hydrogen) atoms. The van der Waals surface area contributed by atoms with Crippen molar-refractivity contribution in [3.63, 3.8) is 0 Å². The minimum atomic E-state index is -0.466. The molecule has 3 rings (SSSR count). The molecule has 2 aliphatic rings. The van der Waals surface area contributed by atoms with Crippen LogP contribution in [-0.4, -0.2) is 49.0 Å². The Morgan fingerprint density at radius 2 is 1.95 bits per heavy atom. The van der Waals surface area contributed by atoms with E-state index in [1.807, 2.05) is 0 Å². The first-order valence-electron chi connectivity index (χ1n) is 6.90. The lowest BCUT2D eigenvalue weighted by Gasteiger charge is -2.41. The van der Waals surface area contributed by atoms with Gasteiger partial charge in [0.1, 0.15) is 18.5 Å². The summed E-state index contributed by atoms with van der Waals surface area (Å²) < 4.78 is 11.1. The van der Waals surface area contributed by atoms with Crippen molar-refractivity contribution >= 4 is 0 Å². The number of hydrogen-bond donors (Lipinski definition) is 1. The molecular formula is C15H21NO3. The molecule has 1 aromatic carbocycles. The lowest BCUT2D eigenvalue weighted by Crippen LogP contribution is -2.47. The zero-order valence-corrected chi connectivity index (χ0v) is 11.6. The quantitative estimate of drug-likeness (QED) is 0.832. The standard InChI is InChI=1S/C15H21NO3/c1-10-7-11(2)14-13(8-10)19-9-12(17)15(14)16-3-5-18-6-4-16/h7-8,12,15,17H,3-6,9H2,1-2H3. The van der Waals surface area contributed by atoms with Gasteiger partial charge in [0.25, 0.3) is 0 Å². The molecule has 0 bridgehead atoms. The number of aliphatic hydroxyl groups is 1. The Morgan fingerprint density at radius 1 is 1.21 bits per heavy atom. The predicted molar refractivity (Wildman–Crippen MR) is 72.6 cm³/mol. The summed E-state index contributed by atoms with van der Waals surface area (Å²) in [6, 6.07) is 4.27. The van der Waals surface area contributed by atoms with Gasteiger partial charge in [-0.1, -0.05) is 6.07 Å². The highest BCUT2D eigenvalue weighted by molar-refractivity contribution is 5.47. The highest BCUT2D eigenvalue weighted by atomic mass is 16.5. The van der Waals surface area contributed by atoms with Crippen LogP contribution in [0.2, 0.25) is 0 Å². The van der Waals surface area contributed by atoms with Crippen molar-refractivity contribution in [2.75, 3.05) is 32.9 Å². The highest BCUT2D eigenvalue weighted by Crippen LogP contribution is 2.39. The van der Waals surface area contributed by atoms with Gasteiger partial charge in [0.05, 0.1) is 19.3 Å². The molecule has 4 nitrogen and oxygen atoms in total. The van der Waals surface area contributed by atoms with Crippen molar-refractivity contribution in [2.45, 2.75) is 26.0 Å². The van der Waals surface area contributed by atoms with Crippen LogP contribution in [0.15, 0.2) is 12.1 Å². The second kappa shape index (κ2) is 5.12. The summed E-state index contributed by atoms with van der Waals surface area (Å²) in [5.41, 5.74) is 3.55. The Labute approximate surface area is 113 Å². The summed E-state index contributed by atoms with van der Waals surface area (Å²) in [4.78, 5) is 2.32. The van der Waals surface area contributed by atoms with E-state index in [-0.39, 0.29) is 6.04 Å². The molecule has 0 aliphatic carbocycles. The molecule has 1 N–H and O–H groups in total. The molecule has 1 fully saturated rings. The van der Waals surface area contributed by atoms with E-state index in [1.54, 1.807) is 0 Å². The van der Waals surface area contributed by atoms with Crippen LogP contribution >= 0.6 is 0 Å². The Kier molecular flexibility index (Phi) is 3.48. The minimum Gasteiger partial charge on any atom is -0.490 e. The fourth-order valence-corrected chi connectivity index (χ4v) is 3.18. The van der Waals surface area contributed by atoms with Crippen LogP contribution in [0.3, 0.4) is 0 Å². The fourth-order valence-electron chi connectivity index (χ4n) is 3.18. The van der Waals surface area contributed by atoms with Gasteiger partial charge in [-0.2, -0.15) is 0 Å². The molecule has 0 aromatic heterocycles. The third kappa shape index (κ3) is 2.36. The molecule has 1 saturated heterocycles. The van der Waals surface area contributed by atoms with Gasteiger partial charge >= 0.3 is 0 Å². The number of morpholine rings is 1. The van der Waals surface area contributed by atoms with Crippen molar-refractivity contribution in [2.24, 2.45) is 0 Å². The molecule has 0 saturated carbocycles. The number of hydrogen-bond acceptors (Lipinski definition) is 4. The number of nitrogens with zero attached hydrogens (tertiary/aromatic N) is 1. The number of fused-ring (bicyclic) bond motifs is 1. The summed E-state index contributed by atoms with van der Waals surface area (Å²) in [6.07, 6.45) is -0.466. The molecule has 0 radical (unpaired) electrons. The average molecular weight is 263 g/mol. The van der Waals surface area contributed by atoms with Crippen LogP contribution in [-0.2, 0) is 4.74 Å².